The van der Waals surface area contributed by atoms with Gasteiger partial charge in [0.05, 0.1) is 6.54 Å². The van der Waals surface area contributed by atoms with E-state index >= 15 is 0 Å². The third-order valence-electron chi connectivity index (χ3n) is 4.38. The van der Waals surface area contributed by atoms with E-state index in [4.69, 9.17) is 9.47 Å². The van der Waals surface area contributed by atoms with Crippen LogP contribution in [0.25, 0.3) is 0 Å². The maximum atomic E-state index is 13.3. The molecular formula is C23H31FN4O3. The zero-order valence-electron chi connectivity index (χ0n) is 18.3. The summed E-state index contributed by atoms with van der Waals surface area (Å²) in [5.74, 6) is 1.27. The van der Waals surface area contributed by atoms with E-state index in [0.29, 0.717) is 37.1 Å². The lowest BCUT2D eigenvalue weighted by Gasteiger charge is -2.20. The highest BCUT2D eigenvalue weighted by Crippen LogP contribution is 2.15. The van der Waals surface area contributed by atoms with Crippen LogP contribution in [0.15, 0.2) is 53.5 Å². The molecule has 0 spiro atoms. The van der Waals surface area contributed by atoms with Gasteiger partial charge in [-0.25, -0.2) is 4.39 Å². The molecule has 1 atom stereocenters. The van der Waals surface area contributed by atoms with E-state index in [-0.39, 0.29) is 24.4 Å². The molecule has 1 amide bonds. The Balaban J connectivity index is 1.82. The van der Waals surface area contributed by atoms with Gasteiger partial charge in [0.2, 0.25) is 0 Å². The zero-order valence-corrected chi connectivity index (χ0v) is 18.3. The van der Waals surface area contributed by atoms with Crippen LogP contribution in [0.2, 0.25) is 0 Å². The average Bonchev–Trinajstić information content (AvgIpc) is 2.77. The molecule has 0 saturated heterocycles. The smallest absolute Gasteiger partial charge is 0.257 e. The van der Waals surface area contributed by atoms with Gasteiger partial charge in [-0.3, -0.25) is 9.79 Å². The number of nitrogens with zero attached hydrogens (tertiary/aromatic N) is 1. The summed E-state index contributed by atoms with van der Waals surface area (Å²) in [6.07, 6.45) is 0.622. The molecule has 31 heavy (non-hydrogen) atoms. The third kappa shape index (κ3) is 8.94. The standard InChI is InChI=1S/C23H31FN4O3/c1-4-19(31-21-11-7-9-18(24)13-21)15-28-23(25-3)27-14-17-8-6-10-20(12-17)30-16-22(29)26-5-2/h6-13,19H,4-5,14-16H2,1-3H3,(H,26,29)(H2,25,27,28). The van der Waals surface area contributed by atoms with E-state index in [1.165, 1.54) is 12.1 Å². The van der Waals surface area contributed by atoms with Crippen molar-refractivity contribution in [2.45, 2.75) is 32.9 Å². The molecule has 0 radical (unpaired) electrons. The van der Waals surface area contributed by atoms with Crippen LogP contribution in [0.5, 0.6) is 11.5 Å². The van der Waals surface area contributed by atoms with Crippen LogP contribution >= 0.6 is 0 Å². The van der Waals surface area contributed by atoms with Gasteiger partial charge in [-0.1, -0.05) is 25.1 Å². The molecule has 8 heteroatoms. The zero-order chi connectivity index (χ0) is 22.5. The molecule has 2 rings (SSSR count). The van der Waals surface area contributed by atoms with Gasteiger partial charge < -0.3 is 25.4 Å². The lowest BCUT2D eigenvalue weighted by Crippen LogP contribution is -2.42. The number of amides is 1. The van der Waals surface area contributed by atoms with Crippen LogP contribution in [-0.4, -0.2) is 44.7 Å². The molecular weight excluding hydrogens is 399 g/mol. The van der Waals surface area contributed by atoms with Gasteiger partial charge in [-0.05, 0) is 43.2 Å². The normalized spacial score (nSPS) is 12.1. The minimum Gasteiger partial charge on any atom is -0.489 e. The lowest BCUT2D eigenvalue weighted by molar-refractivity contribution is -0.122. The molecule has 7 nitrogen and oxygen atoms in total. The number of aliphatic imine (C=N–C) groups is 1. The highest BCUT2D eigenvalue weighted by molar-refractivity contribution is 5.79. The second-order valence-electron chi connectivity index (χ2n) is 6.80. The molecule has 0 fully saturated rings. The fourth-order valence-electron chi connectivity index (χ4n) is 2.76. The number of guanidine groups is 1. The second kappa shape index (κ2) is 13.1. The van der Waals surface area contributed by atoms with Crippen LogP contribution < -0.4 is 25.4 Å². The van der Waals surface area contributed by atoms with Gasteiger partial charge in [-0.15, -0.1) is 0 Å². The quantitative estimate of drug-likeness (QED) is 0.377. The van der Waals surface area contributed by atoms with E-state index < -0.39 is 0 Å². The van der Waals surface area contributed by atoms with Crippen molar-refractivity contribution in [2.24, 2.45) is 4.99 Å². The maximum absolute atomic E-state index is 13.3. The number of nitrogens with one attached hydrogen (secondary N) is 3. The Morgan fingerprint density at radius 3 is 2.55 bits per heavy atom. The Morgan fingerprint density at radius 2 is 1.84 bits per heavy atom. The Labute approximate surface area is 183 Å². The monoisotopic (exact) mass is 430 g/mol. The first-order chi connectivity index (χ1) is 15.0. The number of halogens is 1. The second-order valence-corrected chi connectivity index (χ2v) is 6.80. The number of carbonyl (C=O) groups excluding carboxylic acids is 1. The molecule has 0 aliphatic carbocycles. The number of likely N-dealkylation sites (N-methyl/N-ethyl adjacent to an activating group) is 1. The summed E-state index contributed by atoms with van der Waals surface area (Å²) in [7, 11) is 1.69. The van der Waals surface area contributed by atoms with Crippen LogP contribution in [0.3, 0.4) is 0 Å². The predicted octanol–water partition coefficient (Wildman–Crippen LogP) is 2.86. The van der Waals surface area contributed by atoms with Crippen molar-refractivity contribution < 1.29 is 18.7 Å². The Bertz CT molecular complexity index is 860. The largest absolute Gasteiger partial charge is 0.489 e. The summed E-state index contributed by atoms with van der Waals surface area (Å²) in [5, 5.41) is 9.16. The molecule has 0 aliphatic heterocycles. The van der Waals surface area contributed by atoms with Gasteiger partial charge in [0, 0.05) is 26.2 Å². The lowest BCUT2D eigenvalue weighted by atomic mass is 10.2. The molecule has 0 aromatic heterocycles. The molecule has 2 aromatic carbocycles. The van der Waals surface area contributed by atoms with Gasteiger partial charge in [0.1, 0.15) is 23.4 Å². The molecule has 0 aliphatic rings. The van der Waals surface area contributed by atoms with Gasteiger partial charge in [-0.2, -0.15) is 0 Å². The molecule has 2 aromatic rings. The molecule has 168 valence electrons. The maximum Gasteiger partial charge on any atom is 0.257 e. The number of hydrogen-bond donors (Lipinski definition) is 3. The molecule has 1 unspecified atom stereocenters. The van der Waals surface area contributed by atoms with Crippen molar-refractivity contribution in [3.8, 4) is 11.5 Å². The summed E-state index contributed by atoms with van der Waals surface area (Å²) in [4.78, 5) is 15.8. The van der Waals surface area contributed by atoms with Crippen LogP contribution in [-0.2, 0) is 11.3 Å². The first-order valence-corrected chi connectivity index (χ1v) is 10.4. The van der Waals surface area contributed by atoms with E-state index in [1.807, 2.05) is 38.1 Å². The fourth-order valence-corrected chi connectivity index (χ4v) is 2.76. The highest BCUT2D eigenvalue weighted by atomic mass is 19.1. The SMILES string of the molecule is CCNC(=O)COc1cccc(CNC(=NC)NCC(CC)Oc2cccc(F)c2)c1. The number of benzene rings is 2. The summed E-state index contributed by atoms with van der Waals surface area (Å²) in [5.41, 5.74) is 0.986. The highest BCUT2D eigenvalue weighted by Gasteiger charge is 2.10. The summed E-state index contributed by atoms with van der Waals surface area (Å²) < 4.78 is 24.7. The van der Waals surface area contributed by atoms with E-state index in [0.717, 1.165) is 12.0 Å². The molecule has 0 bridgehead atoms. The van der Waals surface area contributed by atoms with Crippen molar-refractivity contribution in [2.75, 3.05) is 26.7 Å². The topological polar surface area (TPSA) is 84.0 Å². The van der Waals surface area contributed by atoms with E-state index in [1.54, 1.807) is 19.2 Å². The fraction of sp³-hybridized carbons (Fsp3) is 0.391. The summed E-state index contributed by atoms with van der Waals surface area (Å²) in [6, 6.07) is 13.6. The molecule has 3 N–H and O–H groups in total. The van der Waals surface area contributed by atoms with Gasteiger partial charge in [0.25, 0.3) is 5.91 Å². The average molecular weight is 431 g/mol. The van der Waals surface area contributed by atoms with Crippen LogP contribution in [0.1, 0.15) is 25.8 Å². The van der Waals surface area contributed by atoms with Gasteiger partial charge in [0.15, 0.2) is 12.6 Å². The summed E-state index contributed by atoms with van der Waals surface area (Å²) >= 11 is 0. The van der Waals surface area contributed by atoms with Crippen LogP contribution in [0, 0.1) is 5.82 Å². The first kappa shape index (κ1) is 24.0. The molecule has 0 heterocycles. The van der Waals surface area contributed by atoms with Crippen molar-refractivity contribution in [1.82, 2.24) is 16.0 Å². The van der Waals surface area contributed by atoms with E-state index in [9.17, 15) is 9.18 Å². The minimum absolute atomic E-state index is 0.0162. The number of rotatable bonds is 11. The minimum atomic E-state index is -0.324. The Kier molecular flexibility index (Phi) is 10.1. The predicted molar refractivity (Wildman–Crippen MR) is 120 cm³/mol. The van der Waals surface area contributed by atoms with Crippen molar-refractivity contribution in [3.63, 3.8) is 0 Å². The van der Waals surface area contributed by atoms with Crippen LogP contribution in [0.4, 0.5) is 4.39 Å². The summed E-state index contributed by atoms with van der Waals surface area (Å²) in [6.45, 7) is 5.47. The van der Waals surface area contributed by atoms with Gasteiger partial charge >= 0.3 is 0 Å². The van der Waals surface area contributed by atoms with Crippen molar-refractivity contribution in [1.29, 1.82) is 0 Å². The molecule has 0 saturated carbocycles. The third-order valence-corrected chi connectivity index (χ3v) is 4.38. The number of ether oxygens (including phenoxy) is 2. The van der Waals surface area contributed by atoms with E-state index in [2.05, 4.69) is 20.9 Å². The Morgan fingerprint density at radius 1 is 1.06 bits per heavy atom. The van der Waals surface area contributed by atoms with Crippen molar-refractivity contribution >= 4 is 11.9 Å². The number of carbonyl (C=O) groups is 1. The van der Waals surface area contributed by atoms with Crippen molar-refractivity contribution in [3.05, 3.63) is 59.9 Å². The Hall–Kier alpha value is -3.29. The first-order valence-electron chi connectivity index (χ1n) is 10.4. The number of hydrogen-bond acceptors (Lipinski definition) is 4.